The van der Waals surface area contributed by atoms with E-state index in [0.29, 0.717) is 36.6 Å². The molecule has 0 spiro atoms. The highest BCUT2D eigenvalue weighted by Gasteiger charge is 2.26. The van der Waals surface area contributed by atoms with Crippen molar-refractivity contribution in [1.29, 1.82) is 0 Å². The molecule has 4 heteroatoms. The van der Waals surface area contributed by atoms with E-state index in [9.17, 15) is 9.59 Å². The van der Waals surface area contributed by atoms with Gasteiger partial charge in [-0.2, -0.15) is 0 Å². The highest BCUT2D eigenvalue weighted by atomic mass is 16.5. The van der Waals surface area contributed by atoms with E-state index < -0.39 is 0 Å². The van der Waals surface area contributed by atoms with Gasteiger partial charge in [-0.3, -0.25) is 9.59 Å². The molecule has 1 aliphatic heterocycles. The fraction of sp³-hybridized carbons (Fsp3) is 0.500. The Bertz CT molecular complexity index is 490. The number of Topliss-reactive ketones (excluding diaryl/α,β-unsaturated/α-hetero) is 1. The minimum Gasteiger partial charge on any atom is -0.497 e. The number of nitrogens with zero attached hydrogens (tertiary/aromatic N) is 1. The number of carbonyl (C=O) groups excluding carboxylic acids is 2. The molecule has 1 amide bonds. The van der Waals surface area contributed by atoms with Gasteiger partial charge in [0.15, 0.2) is 0 Å². The maximum atomic E-state index is 12.4. The minimum absolute atomic E-state index is 0.0197. The second-order valence-electron chi connectivity index (χ2n) is 5.12. The summed E-state index contributed by atoms with van der Waals surface area (Å²) in [4.78, 5) is 25.9. The van der Waals surface area contributed by atoms with E-state index >= 15 is 0 Å². The molecular weight excluding hydrogens is 254 g/mol. The lowest BCUT2D eigenvalue weighted by Crippen LogP contribution is -2.40. The zero-order valence-electron chi connectivity index (χ0n) is 12.1. The van der Waals surface area contributed by atoms with Crippen LogP contribution in [0.15, 0.2) is 24.3 Å². The normalized spacial score (nSPS) is 16.0. The van der Waals surface area contributed by atoms with Gasteiger partial charge in [-0.25, -0.2) is 0 Å². The van der Waals surface area contributed by atoms with Crippen molar-refractivity contribution in [3.8, 4) is 5.75 Å². The van der Waals surface area contributed by atoms with Gasteiger partial charge < -0.3 is 9.64 Å². The Balaban J connectivity index is 1.99. The highest BCUT2D eigenvalue weighted by Crippen LogP contribution is 2.22. The molecule has 0 saturated carbocycles. The Kier molecular flexibility index (Phi) is 4.77. The van der Waals surface area contributed by atoms with Crippen molar-refractivity contribution < 1.29 is 14.3 Å². The molecule has 1 aliphatic rings. The number of carbonyl (C=O) groups is 2. The van der Waals surface area contributed by atoms with Crippen LogP contribution in [0.1, 0.15) is 36.5 Å². The first kappa shape index (κ1) is 14.6. The first-order valence-corrected chi connectivity index (χ1v) is 7.11. The predicted molar refractivity (Wildman–Crippen MR) is 76.9 cm³/mol. The second kappa shape index (κ2) is 6.55. The van der Waals surface area contributed by atoms with E-state index in [0.717, 1.165) is 12.8 Å². The topological polar surface area (TPSA) is 46.6 Å². The third kappa shape index (κ3) is 3.18. The van der Waals surface area contributed by atoms with Gasteiger partial charge >= 0.3 is 0 Å². The molecular formula is C16H21NO3. The monoisotopic (exact) mass is 275 g/mol. The summed E-state index contributed by atoms with van der Waals surface area (Å²) in [7, 11) is 1.59. The third-order valence-electron chi connectivity index (χ3n) is 3.90. The Morgan fingerprint density at radius 3 is 2.60 bits per heavy atom. The fourth-order valence-electron chi connectivity index (χ4n) is 2.63. The van der Waals surface area contributed by atoms with Crippen molar-refractivity contribution in [1.82, 2.24) is 4.90 Å². The average Bonchev–Trinajstić information content (AvgIpc) is 2.53. The molecule has 0 atom stereocenters. The largest absolute Gasteiger partial charge is 0.497 e. The zero-order chi connectivity index (χ0) is 14.5. The van der Waals surface area contributed by atoms with Crippen LogP contribution in [0.25, 0.3) is 0 Å². The summed E-state index contributed by atoms with van der Waals surface area (Å²) in [6.45, 7) is 3.22. The second-order valence-corrected chi connectivity index (χ2v) is 5.12. The summed E-state index contributed by atoms with van der Waals surface area (Å²) in [6.07, 6.45) is 2.15. The molecule has 1 aromatic rings. The first-order chi connectivity index (χ1) is 9.65. The molecule has 4 nitrogen and oxygen atoms in total. The maximum absolute atomic E-state index is 12.4. The molecule has 0 bridgehead atoms. The van der Waals surface area contributed by atoms with E-state index in [4.69, 9.17) is 4.74 Å². The molecule has 0 unspecified atom stereocenters. The van der Waals surface area contributed by atoms with Crippen LogP contribution in [0.4, 0.5) is 0 Å². The number of methoxy groups -OCH3 is 1. The molecule has 1 aromatic carbocycles. The number of benzene rings is 1. The first-order valence-electron chi connectivity index (χ1n) is 7.11. The summed E-state index contributed by atoms with van der Waals surface area (Å²) in [5.74, 6) is 1.16. The van der Waals surface area contributed by atoms with Crippen LogP contribution < -0.4 is 4.74 Å². The summed E-state index contributed by atoms with van der Waals surface area (Å²) in [5, 5.41) is 0. The highest BCUT2D eigenvalue weighted by molar-refractivity contribution is 5.94. The molecule has 0 radical (unpaired) electrons. The number of hydrogen-bond acceptors (Lipinski definition) is 3. The maximum Gasteiger partial charge on any atom is 0.253 e. The number of likely N-dealkylation sites (tertiary alicyclic amines) is 1. The lowest BCUT2D eigenvalue weighted by Gasteiger charge is -2.31. The van der Waals surface area contributed by atoms with Gasteiger partial charge in [0.25, 0.3) is 5.91 Å². The molecule has 1 fully saturated rings. The molecule has 0 aliphatic carbocycles. The lowest BCUT2D eigenvalue weighted by molar-refractivity contribution is -0.123. The van der Waals surface area contributed by atoms with Gasteiger partial charge in [-0.05, 0) is 31.0 Å². The number of piperidine rings is 1. The fourth-order valence-corrected chi connectivity index (χ4v) is 2.63. The van der Waals surface area contributed by atoms with Crippen LogP contribution in [0.5, 0.6) is 5.75 Å². The van der Waals surface area contributed by atoms with Crippen LogP contribution in [-0.2, 0) is 4.79 Å². The van der Waals surface area contributed by atoms with Crippen LogP contribution in [0.2, 0.25) is 0 Å². The average molecular weight is 275 g/mol. The van der Waals surface area contributed by atoms with Crippen molar-refractivity contribution in [2.75, 3.05) is 20.2 Å². The van der Waals surface area contributed by atoms with Crippen LogP contribution in [-0.4, -0.2) is 36.8 Å². The Morgan fingerprint density at radius 2 is 2.00 bits per heavy atom. The van der Waals surface area contributed by atoms with E-state index in [1.54, 1.807) is 19.2 Å². The van der Waals surface area contributed by atoms with Gasteiger partial charge in [0, 0.05) is 31.0 Å². The van der Waals surface area contributed by atoms with Gasteiger partial charge in [0.1, 0.15) is 11.5 Å². The van der Waals surface area contributed by atoms with E-state index in [1.165, 1.54) is 0 Å². The molecule has 2 rings (SSSR count). The lowest BCUT2D eigenvalue weighted by atomic mass is 9.91. The van der Waals surface area contributed by atoms with Gasteiger partial charge in [-0.1, -0.05) is 13.0 Å². The van der Waals surface area contributed by atoms with Crippen molar-refractivity contribution in [3.05, 3.63) is 29.8 Å². The summed E-state index contributed by atoms with van der Waals surface area (Å²) < 4.78 is 5.14. The number of ether oxygens (including phenoxy) is 1. The summed E-state index contributed by atoms with van der Waals surface area (Å²) in [6, 6.07) is 7.20. The van der Waals surface area contributed by atoms with Crippen LogP contribution in [0, 0.1) is 5.92 Å². The summed E-state index contributed by atoms with van der Waals surface area (Å²) in [5.41, 5.74) is 0.643. The summed E-state index contributed by atoms with van der Waals surface area (Å²) >= 11 is 0. The standard InChI is InChI=1S/C16H21NO3/c1-3-15(18)12-7-9-17(10-8-12)16(19)13-5-4-6-14(11-13)20-2/h4-6,11-12H,3,7-10H2,1-2H3. The molecule has 1 saturated heterocycles. The van der Waals surface area contributed by atoms with Crippen LogP contribution >= 0.6 is 0 Å². The van der Waals surface area contributed by atoms with E-state index in [2.05, 4.69) is 0 Å². The predicted octanol–water partition coefficient (Wildman–Crippen LogP) is 2.53. The van der Waals surface area contributed by atoms with Crippen molar-refractivity contribution in [2.45, 2.75) is 26.2 Å². The van der Waals surface area contributed by atoms with Crippen molar-refractivity contribution >= 4 is 11.7 Å². The molecule has 0 aromatic heterocycles. The third-order valence-corrected chi connectivity index (χ3v) is 3.90. The van der Waals surface area contributed by atoms with Crippen LogP contribution in [0.3, 0.4) is 0 Å². The van der Waals surface area contributed by atoms with Gasteiger partial charge in [0.2, 0.25) is 0 Å². The molecule has 20 heavy (non-hydrogen) atoms. The van der Waals surface area contributed by atoms with E-state index in [-0.39, 0.29) is 11.8 Å². The van der Waals surface area contributed by atoms with Gasteiger partial charge in [0.05, 0.1) is 7.11 Å². The SMILES string of the molecule is CCC(=O)C1CCN(C(=O)c2cccc(OC)c2)CC1. The molecule has 0 N–H and O–H groups in total. The Labute approximate surface area is 119 Å². The molecule has 108 valence electrons. The van der Waals surface area contributed by atoms with Crippen molar-refractivity contribution in [2.24, 2.45) is 5.92 Å². The number of rotatable bonds is 4. The quantitative estimate of drug-likeness (QED) is 0.848. The Hall–Kier alpha value is -1.84. The minimum atomic E-state index is 0.0197. The number of hydrogen-bond donors (Lipinski definition) is 0. The smallest absolute Gasteiger partial charge is 0.253 e. The Morgan fingerprint density at radius 1 is 1.30 bits per heavy atom. The van der Waals surface area contributed by atoms with Crippen molar-refractivity contribution in [3.63, 3.8) is 0 Å². The van der Waals surface area contributed by atoms with E-state index in [1.807, 2.05) is 24.0 Å². The number of amides is 1. The zero-order valence-corrected chi connectivity index (χ0v) is 12.1. The van der Waals surface area contributed by atoms with Gasteiger partial charge in [-0.15, -0.1) is 0 Å². The number of ketones is 1. The molecule has 1 heterocycles.